The minimum absolute atomic E-state index is 0.0169. The van der Waals surface area contributed by atoms with Crippen LogP contribution in [0.2, 0.25) is 10.0 Å². The zero-order valence-corrected chi connectivity index (χ0v) is 21.4. The van der Waals surface area contributed by atoms with Crippen LogP contribution in [0.15, 0.2) is 48.5 Å². The number of hydrogen-bond donors (Lipinski definition) is 2. The van der Waals surface area contributed by atoms with Gasteiger partial charge in [-0.05, 0) is 79.3 Å². The summed E-state index contributed by atoms with van der Waals surface area (Å²) in [7, 11) is 0. The number of benzene rings is 2. The highest BCUT2D eigenvalue weighted by Gasteiger charge is 2.28. The molecule has 0 fully saturated rings. The standard InChI is InChI=1S/C26H24Cl2N2O4S/c1-15-2-11-20-21(14-15)35-25(30-23(31)16-3-7-18(27)8-4-16)22(20)24(32)29-12-13-34-26(33)17-5-9-19(28)10-6-17/h3-10,15H,2,11-14H2,1H3,(H,29,32)(H,30,31). The summed E-state index contributed by atoms with van der Waals surface area (Å²) in [5.41, 5.74) is 2.31. The number of carbonyl (C=O) groups excluding carboxylic acids is 3. The van der Waals surface area contributed by atoms with Gasteiger partial charge in [-0.1, -0.05) is 30.1 Å². The molecule has 2 amide bonds. The van der Waals surface area contributed by atoms with E-state index in [2.05, 4.69) is 17.6 Å². The highest BCUT2D eigenvalue weighted by atomic mass is 35.5. The third-order valence-electron chi connectivity index (χ3n) is 5.77. The average molecular weight is 531 g/mol. The van der Waals surface area contributed by atoms with Crippen LogP contribution in [0.3, 0.4) is 0 Å². The summed E-state index contributed by atoms with van der Waals surface area (Å²) in [6.45, 7) is 2.34. The number of nitrogens with one attached hydrogen (secondary N) is 2. The van der Waals surface area contributed by atoms with Crippen LogP contribution >= 0.6 is 34.5 Å². The van der Waals surface area contributed by atoms with E-state index in [-0.39, 0.29) is 25.0 Å². The molecule has 2 N–H and O–H groups in total. The minimum atomic E-state index is -0.492. The Morgan fingerprint density at radius 3 is 2.26 bits per heavy atom. The van der Waals surface area contributed by atoms with Gasteiger partial charge in [0, 0.05) is 20.5 Å². The van der Waals surface area contributed by atoms with Gasteiger partial charge in [0.05, 0.1) is 17.7 Å². The largest absolute Gasteiger partial charge is 0.460 e. The van der Waals surface area contributed by atoms with Crippen LogP contribution in [-0.4, -0.2) is 30.9 Å². The molecule has 2 aromatic carbocycles. The lowest BCUT2D eigenvalue weighted by Crippen LogP contribution is -2.29. The molecule has 182 valence electrons. The van der Waals surface area contributed by atoms with Crippen molar-refractivity contribution in [3.8, 4) is 0 Å². The van der Waals surface area contributed by atoms with E-state index in [9.17, 15) is 14.4 Å². The second kappa shape index (κ2) is 11.2. The molecule has 0 radical (unpaired) electrons. The SMILES string of the molecule is CC1CCc2c(sc(NC(=O)c3ccc(Cl)cc3)c2C(=O)NCCOC(=O)c2ccc(Cl)cc2)C1. The summed E-state index contributed by atoms with van der Waals surface area (Å²) >= 11 is 13.2. The first kappa shape index (κ1) is 25.2. The molecule has 0 aliphatic heterocycles. The fourth-order valence-electron chi connectivity index (χ4n) is 3.92. The van der Waals surface area contributed by atoms with Gasteiger partial charge < -0.3 is 15.4 Å². The van der Waals surface area contributed by atoms with Gasteiger partial charge in [-0.3, -0.25) is 9.59 Å². The predicted octanol–water partition coefficient (Wildman–Crippen LogP) is 6.02. The molecule has 0 spiro atoms. The number of carbonyl (C=O) groups is 3. The summed E-state index contributed by atoms with van der Waals surface area (Å²) in [6, 6.07) is 13.0. The van der Waals surface area contributed by atoms with E-state index < -0.39 is 5.97 Å². The molecule has 1 aliphatic rings. The maximum absolute atomic E-state index is 13.2. The molecule has 1 unspecified atom stereocenters. The van der Waals surface area contributed by atoms with E-state index in [1.807, 2.05) is 0 Å². The monoisotopic (exact) mass is 530 g/mol. The van der Waals surface area contributed by atoms with Crippen LogP contribution in [-0.2, 0) is 17.6 Å². The first-order valence-electron chi connectivity index (χ1n) is 11.2. The van der Waals surface area contributed by atoms with Crippen molar-refractivity contribution in [3.63, 3.8) is 0 Å². The molecule has 1 heterocycles. The van der Waals surface area contributed by atoms with Crippen molar-refractivity contribution < 1.29 is 19.1 Å². The van der Waals surface area contributed by atoms with Gasteiger partial charge in [0.2, 0.25) is 0 Å². The van der Waals surface area contributed by atoms with Gasteiger partial charge in [-0.2, -0.15) is 0 Å². The van der Waals surface area contributed by atoms with Gasteiger partial charge in [-0.25, -0.2) is 4.79 Å². The smallest absolute Gasteiger partial charge is 0.338 e. The van der Waals surface area contributed by atoms with Crippen molar-refractivity contribution in [3.05, 3.63) is 85.7 Å². The van der Waals surface area contributed by atoms with Gasteiger partial charge in [0.15, 0.2) is 0 Å². The number of hydrogen-bond acceptors (Lipinski definition) is 5. The second-order valence-electron chi connectivity index (χ2n) is 8.42. The van der Waals surface area contributed by atoms with Crippen LogP contribution in [0.4, 0.5) is 5.00 Å². The van der Waals surface area contributed by atoms with Gasteiger partial charge in [-0.15, -0.1) is 11.3 Å². The number of thiophene rings is 1. The van der Waals surface area contributed by atoms with Gasteiger partial charge >= 0.3 is 5.97 Å². The Bertz CT molecular complexity index is 1240. The van der Waals surface area contributed by atoms with E-state index in [0.29, 0.717) is 37.7 Å². The molecule has 9 heteroatoms. The summed E-state index contributed by atoms with van der Waals surface area (Å²) in [5, 5.41) is 7.33. The second-order valence-corrected chi connectivity index (χ2v) is 10.4. The molecule has 35 heavy (non-hydrogen) atoms. The number of amides is 2. The van der Waals surface area contributed by atoms with Crippen molar-refractivity contribution in [1.82, 2.24) is 5.32 Å². The zero-order chi connectivity index (χ0) is 24.9. The molecule has 6 nitrogen and oxygen atoms in total. The highest BCUT2D eigenvalue weighted by molar-refractivity contribution is 7.17. The van der Waals surface area contributed by atoms with E-state index in [4.69, 9.17) is 27.9 Å². The van der Waals surface area contributed by atoms with Crippen molar-refractivity contribution >= 4 is 57.3 Å². The zero-order valence-electron chi connectivity index (χ0n) is 19.0. The Morgan fingerprint density at radius 1 is 0.971 bits per heavy atom. The van der Waals surface area contributed by atoms with Crippen LogP contribution in [0.25, 0.3) is 0 Å². The Labute approximate surface area is 217 Å². The van der Waals surface area contributed by atoms with E-state index >= 15 is 0 Å². The molecule has 1 atom stereocenters. The lowest BCUT2D eigenvalue weighted by Gasteiger charge is -2.18. The molecule has 0 saturated heterocycles. The third kappa shape index (κ3) is 6.23. The average Bonchev–Trinajstić information content (AvgIpc) is 3.19. The predicted molar refractivity (Wildman–Crippen MR) is 139 cm³/mol. The third-order valence-corrected chi connectivity index (χ3v) is 7.45. The fraction of sp³-hybridized carbons (Fsp3) is 0.269. The Hall–Kier alpha value is -2.87. The number of rotatable bonds is 7. The number of fused-ring (bicyclic) bond motifs is 1. The van der Waals surface area contributed by atoms with E-state index in [1.54, 1.807) is 48.5 Å². The number of ether oxygens (including phenoxy) is 1. The number of anilines is 1. The minimum Gasteiger partial charge on any atom is -0.460 e. The van der Waals surface area contributed by atoms with Crippen molar-refractivity contribution in [1.29, 1.82) is 0 Å². The highest BCUT2D eigenvalue weighted by Crippen LogP contribution is 2.39. The van der Waals surface area contributed by atoms with Crippen LogP contribution in [0.5, 0.6) is 0 Å². The van der Waals surface area contributed by atoms with Gasteiger partial charge in [0.25, 0.3) is 11.8 Å². The Morgan fingerprint density at radius 2 is 1.60 bits per heavy atom. The normalized spacial score (nSPS) is 14.7. The topological polar surface area (TPSA) is 84.5 Å². The maximum Gasteiger partial charge on any atom is 0.338 e. The van der Waals surface area contributed by atoms with Crippen LogP contribution in [0, 0.1) is 5.92 Å². The summed E-state index contributed by atoms with van der Waals surface area (Å²) in [5.74, 6) is -0.580. The molecular weight excluding hydrogens is 507 g/mol. The van der Waals surface area contributed by atoms with E-state index in [1.165, 1.54) is 11.3 Å². The number of halogens is 2. The van der Waals surface area contributed by atoms with Gasteiger partial charge in [0.1, 0.15) is 11.6 Å². The quantitative estimate of drug-likeness (QED) is 0.289. The fourth-order valence-corrected chi connectivity index (χ4v) is 5.58. The molecule has 3 aromatic rings. The summed E-state index contributed by atoms with van der Waals surface area (Å²) in [6.07, 6.45) is 2.63. The van der Waals surface area contributed by atoms with Crippen molar-refractivity contribution in [2.24, 2.45) is 5.92 Å². The van der Waals surface area contributed by atoms with Crippen LogP contribution < -0.4 is 10.6 Å². The molecule has 1 aliphatic carbocycles. The molecule has 4 rings (SSSR count). The van der Waals surface area contributed by atoms with Crippen molar-refractivity contribution in [2.45, 2.75) is 26.2 Å². The van der Waals surface area contributed by atoms with E-state index in [0.717, 1.165) is 29.7 Å². The lowest BCUT2D eigenvalue weighted by atomic mass is 9.88. The molecule has 0 saturated carbocycles. The Balaban J connectivity index is 1.43. The Kier molecular flexibility index (Phi) is 8.11. The summed E-state index contributed by atoms with van der Waals surface area (Å²) < 4.78 is 5.25. The molecule has 1 aromatic heterocycles. The lowest BCUT2D eigenvalue weighted by molar-refractivity contribution is 0.0503. The maximum atomic E-state index is 13.2. The summed E-state index contributed by atoms with van der Waals surface area (Å²) in [4.78, 5) is 39.3. The van der Waals surface area contributed by atoms with Crippen LogP contribution in [0.1, 0.15) is 54.9 Å². The first-order chi connectivity index (χ1) is 16.8. The molecular formula is C26H24Cl2N2O4S. The number of esters is 1. The molecule has 0 bridgehead atoms. The first-order valence-corrected chi connectivity index (χ1v) is 12.8. The van der Waals surface area contributed by atoms with Crippen molar-refractivity contribution in [2.75, 3.05) is 18.5 Å².